The fourth-order valence-electron chi connectivity index (χ4n) is 2.42. The highest BCUT2D eigenvalue weighted by atomic mass is 16.4. The van der Waals surface area contributed by atoms with Crippen LogP contribution in [-0.2, 0) is 9.59 Å². The van der Waals surface area contributed by atoms with Crippen LogP contribution in [0.4, 0.5) is 0 Å². The molecule has 1 aliphatic heterocycles. The van der Waals surface area contributed by atoms with Gasteiger partial charge in [0.1, 0.15) is 0 Å². The van der Waals surface area contributed by atoms with E-state index in [2.05, 4.69) is 0 Å². The molecule has 3 N–H and O–H groups in total. The molecule has 0 saturated carbocycles. The number of carboxylic acid groups (broad SMARTS) is 1. The summed E-state index contributed by atoms with van der Waals surface area (Å²) in [5.74, 6) is -1.77. The number of carbonyl (C=O) groups is 2. The van der Waals surface area contributed by atoms with Crippen molar-refractivity contribution in [3.05, 3.63) is 35.9 Å². The Kier molecular flexibility index (Phi) is 3.62. The molecule has 0 spiro atoms. The molecule has 96 valence electrons. The number of rotatable bonds is 3. The Morgan fingerprint density at radius 3 is 2.50 bits per heavy atom. The molecule has 0 aliphatic carbocycles. The molecular weight excluding hydrogens is 232 g/mol. The van der Waals surface area contributed by atoms with Gasteiger partial charge in [-0.25, -0.2) is 0 Å². The van der Waals surface area contributed by atoms with E-state index in [1.165, 1.54) is 4.90 Å². The first-order chi connectivity index (χ1) is 8.63. The normalized spacial score (nSPS) is 23.1. The summed E-state index contributed by atoms with van der Waals surface area (Å²) < 4.78 is 0. The maximum Gasteiger partial charge on any atom is 0.308 e. The maximum absolute atomic E-state index is 11.6. The van der Waals surface area contributed by atoms with Gasteiger partial charge in [0, 0.05) is 19.0 Å². The van der Waals surface area contributed by atoms with Crippen LogP contribution in [0.25, 0.3) is 0 Å². The minimum atomic E-state index is -0.865. The number of hydrogen-bond donors (Lipinski definition) is 2. The molecule has 5 nitrogen and oxygen atoms in total. The highest BCUT2D eigenvalue weighted by molar-refractivity contribution is 5.80. The zero-order valence-electron chi connectivity index (χ0n) is 9.95. The molecule has 2 atom stereocenters. The van der Waals surface area contributed by atoms with Gasteiger partial charge in [-0.15, -0.1) is 0 Å². The predicted octanol–water partition coefficient (Wildman–Crippen LogP) is 0.272. The number of nitrogens with zero attached hydrogens (tertiary/aromatic N) is 1. The third-order valence-electron chi connectivity index (χ3n) is 3.39. The first-order valence-corrected chi connectivity index (χ1v) is 5.89. The Balaban J connectivity index is 2.23. The molecule has 0 aromatic heterocycles. The van der Waals surface area contributed by atoms with Gasteiger partial charge in [0.15, 0.2) is 0 Å². The van der Waals surface area contributed by atoms with Crippen LogP contribution in [0.1, 0.15) is 11.5 Å². The third-order valence-corrected chi connectivity index (χ3v) is 3.39. The molecule has 0 bridgehead atoms. The fraction of sp³-hybridized carbons (Fsp3) is 0.385. The van der Waals surface area contributed by atoms with Crippen LogP contribution in [0.2, 0.25) is 0 Å². The van der Waals surface area contributed by atoms with Crippen LogP contribution in [0, 0.1) is 5.92 Å². The highest BCUT2D eigenvalue weighted by Gasteiger charge is 2.39. The smallest absolute Gasteiger partial charge is 0.308 e. The van der Waals surface area contributed by atoms with E-state index in [0.29, 0.717) is 6.54 Å². The molecule has 18 heavy (non-hydrogen) atoms. The predicted molar refractivity (Wildman–Crippen MR) is 65.9 cm³/mol. The molecule has 1 aromatic carbocycles. The summed E-state index contributed by atoms with van der Waals surface area (Å²) >= 11 is 0. The number of benzene rings is 1. The van der Waals surface area contributed by atoms with Crippen molar-refractivity contribution in [2.75, 3.05) is 19.6 Å². The lowest BCUT2D eigenvalue weighted by Gasteiger charge is -2.15. The van der Waals surface area contributed by atoms with Crippen molar-refractivity contribution < 1.29 is 14.7 Å². The third kappa shape index (κ3) is 2.36. The molecule has 1 aliphatic rings. The molecular formula is C13H16N2O3. The maximum atomic E-state index is 11.6. The van der Waals surface area contributed by atoms with Crippen LogP contribution >= 0.6 is 0 Å². The van der Waals surface area contributed by atoms with Crippen molar-refractivity contribution in [1.82, 2.24) is 4.90 Å². The van der Waals surface area contributed by atoms with E-state index in [0.717, 1.165) is 5.56 Å². The SMILES string of the molecule is NCC(=O)N1C[C@H](C(=O)O)[C@@H](c2ccccc2)C1. The largest absolute Gasteiger partial charge is 0.481 e. The van der Waals surface area contributed by atoms with Crippen molar-refractivity contribution in [3.63, 3.8) is 0 Å². The Labute approximate surface area is 105 Å². The van der Waals surface area contributed by atoms with Gasteiger partial charge in [-0.05, 0) is 5.56 Å². The van der Waals surface area contributed by atoms with E-state index in [1.807, 2.05) is 30.3 Å². The first-order valence-electron chi connectivity index (χ1n) is 5.89. The molecule has 1 fully saturated rings. The molecule has 1 amide bonds. The second-order valence-corrected chi connectivity index (χ2v) is 4.46. The van der Waals surface area contributed by atoms with Gasteiger partial charge in [0.25, 0.3) is 0 Å². The van der Waals surface area contributed by atoms with Crippen LogP contribution < -0.4 is 5.73 Å². The van der Waals surface area contributed by atoms with Crippen LogP contribution in [0.15, 0.2) is 30.3 Å². The topological polar surface area (TPSA) is 83.6 Å². The van der Waals surface area contributed by atoms with Gasteiger partial charge in [0.05, 0.1) is 12.5 Å². The number of aliphatic carboxylic acids is 1. The lowest BCUT2D eigenvalue weighted by molar-refractivity contribution is -0.141. The van der Waals surface area contributed by atoms with Gasteiger partial charge >= 0.3 is 5.97 Å². The lowest BCUT2D eigenvalue weighted by atomic mass is 9.89. The number of amides is 1. The Morgan fingerprint density at radius 1 is 1.28 bits per heavy atom. The highest BCUT2D eigenvalue weighted by Crippen LogP contribution is 2.32. The van der Waals surface area contributed by atoms with Crippen molar-refractivity contribution in [3.8, 4) is 0 Å². The lowest BCUT2D eigenvalue weighted by Crippen LogP contribution is -2.34. The molecule has 0 unspecified atom stereocenters. The fourth-order valence-corrected chi connectivity index (χ4v) is 2.42. The van der Waals surface area contributed by atoms with Crippen LogP contribution in [-0.4, -0.2) is 41.5 Å². The molecule has 2 rings (SSSR count). The Bertz CT molecular complexity index is 447. The zero-order valence-corrected chi connectivity index (χ0v) is 9.95. The summed E-state index contributed by atoms with van der Waals surface area (Å²) in [7, 11) is 0. The van der Waals surface area contributed by atoms with E-state index in [9.17, 15) is 14.7 Å². The van der Waals surface area contributed by atoms with E-state index >= 15 is 0 Å². The Hall–Kier alpha value is -1.88. The summed E-state index contributed by atoms with van der Waals surface area (Å²) in [6.45, 7) is 0.593. The zero-order chi connectivity index (χ0) is 13.1. The minimum Gasteiger partial charge on any atom is -0.481 e. The first kappa shape index (κ1) is 12.6. The van der Waals surface area contributed by atoms with E-state index in [4.69, 9.17) is 5.73 Å². The summed E-state index contributed by atoms with van der Waals surface area (Å²) in [6, 6.07) is 9.44. The van der Waals surface area contributed by atoms with Crippen molar-refractivity contribution in [1.29, 1.82) is 0 Å². The Morgan fingerprint density at radius 2 is 1.94 bits per heavy atom. The van der Waals surface area contributed by atoms with Gasteiger partial charge in [-0.1, -0.05) is 30.3 Å². The summed E-state index contributed by atoms with van der Waals surface area (Å²) in [6.07, 6.45) is 0. The molecule has 5 heteroatoms. The molecule has 1 saturated heterocycles. The molecule has 1 heterocycles. The number of carbonyl (C=O) groups excluding carboxylic acids is 1. The van der Waals surface area contributed by atoms with E-state index in [-0.39, 0.29) is 24.9 Å². The monoisotopic (exact) mass is 248 g/mol. The number of nitrogens with two attached hydrogens (primary N) is 1. The average Bonchev–Trinajstić information content (AvgIpc) is 2.84. The van der Waals surface area contributed by atoms with Gasteiger partial charge < -0.3 is 15.7 Å². The quantitative estimate of drug-likeness (QED) is 0.804. The molecule has 1 aromatic rings. The van der Waals surface area contributed by atoms with Crippen molar-refractivity contribution in [2.45, 2.75) is 5.92 Å². The van der Waals surface area contributed by atoms with E-state index < -0.39 is 11.9 Å². The summed E-state index contributed by atoms with van der Waals surface area (Å²) in [4.78, 5) is 24.4. The average molecular weight is 248 g/mol. The van der Waals surface area contributed by atoms with Gasteiger partial charge in [-0.3, -0.25) is 9.59 Å². The van der Waals surface area contributed by atoms with Gasteiger partial charge in [-0.2, -0.15) is 0 Å². The van der Waals surface area contributed by atoms with Crippen molar-refractivity contribution in [2.24, 2.45) is 11.7 Å². The van der Waals surface area contributed by atoms with Crippen LogP contribution in [0.3, 0.4) is 0 Å². The van der Waals surface area contributed by atoms with Crippen LogP contribution in [0.5, 0.6) is 0 Å². The number of hydrogen-bond acceptors (Lipinski definition) is 3. The summed E-state index contributed by atoms with van der Waals surface area (Å²) in [5, 5.41) is 9.25. The minimum absolute atomic E-state index is 0.0755. The van der Waals surface area contributed by atoms with Crippen molar-refractivity contribution >= 4 is 11.9 Å². The standard InChI is InChI=1S/C13H16N2O3/c14-6-12(16)15-7-10(11(8-15)13(17)18)9-4-2-1-3-5-9/h1-5,10-11H,6-8,14H2,(H,17,18)/t10-,11+/m1/s1. The molecule has 0 radical (unpaired) electrons. The number of carboxylic acids is 1. The second-order valence-electron chi connectivity index (χ2n) is 4.46. The van der Waals surface area contributed by atoms with Gasteiger partial charge in [0.2, 0.25) is 5.91 Å². The summed E-state index contributed by atoms with van der Waals surface area (Å²) in [5.41, 5.74) is 6.27. The number of likely N-dealkylation sites (tertiary alicyclic amines) is 1. The van der Waals surface area contributed by atoms with E-state index in [1.54, 1.807) is 0 Å². The second kappa shape index (κ2) is 5.18.